The lowest BCUT2D eigenvalue weighted by molar-refractivity contribution is -0.384. The number of nitrogens with zero attached hydrogens (tertiary/aromatic N) is 2. The van der Waals surface area contributed by atoms with Crippen LogP contribution in [0.1, 0.15) is 16.8 Å². The Bertz CT molecular complexity index is 858. The number of carbonyl (C=O) groups is 2. The fourth-order valence-corrected chi connectivity index (χ4v) is 3.32. The van der Waals surface area contributed by atoms with Gasteiger partial charge >= 0.3 is 5.97 Å². The molecule has 0 unspecified atom stereocenters. The SMILES string of the molecule is CN(C)c1ccc(C(=O)OCC(=O)NCCCSc2ccccc2)cc1[N+](=O)[O-]. The second kappa shape index (κ2) is 11.1. The van der Waals surface area contributed by atoms with Crippen LogP contribution < -0.4 is 10.2 Å². The molecule has 0 aliphatic rings. The van der Waals surface area contributed by atoms with Crippen molar-refractivity contribution >= 4 is 35.0 Å². The molecule has 0 aliphatic carbocycles. The highest BCUT2D eigenvalue weighted by Gasteiger charge is 2.20. The summed E-state index contributed by atoms with van der Waals surface area (Å²) in [5.74, 6) is -0.345. The van der Waals surface area contributed by atoms with Gasteiger partial charge in [0, 0.05) is 31.6 Å². The van der Waals surface area contributed by atoms with Gasteiger partial charge < -0.3 is 15.0 Å². The summed E-state index contributed by atoms with van der Waals surface area (Å²) in [6, 6.07) is 14.0. The van der Waals surface area contributed by atoms with E-state index in [4.69, 9.17) is 4.74 Å². The van der Waals surface area contributed by atoms with Crippen LogP contribution >= 0.6 is 11.8 Å². The molecular weight excluding hydrogens is 394 g/mol. The Hall–Kier alpha value is -3.07. The molecule has 0 heterocycles. The Morgan fingerprint density at radius 1 is 1.17 bits per heavy atom. The molecule has 29 heavy (non-hydrogen) atoms. The van der Waals surface area contributed by atoms with E-state index in [1.54, 1.807) is 30.8 Å². The quantitative estimate of drug-likeness (QED) is 0.208. The number of anilines is 1. The summed E-state index contributed by atoms with van der Waals surface area (Å²) >= 11 is 1.70. The van der Waals surface area contributed by atoms with Crippen molar-refractivity contribution in [2.24, 2.45) is 0 Å². The lowest BCUT2D eigenvalue weighted by Crippen LogP contribution is -2.29. The molecule has 2 rings (SSSR count). The third kappa shape index (κ3) is 7.11. The molecule has 0 saturated heterocycles. The molecule has 154 valence electrons. The van der Waals surface area contributed by atoms with Gasteiger partial charge in [0.1, 0.15) is 5.69 Å². The summed E-state index contributed by atoms with van der Waals surface area (Å²) < 4.78 is 4.96. The van der Waals surface area contributed by atoms with Crippen LogP contribution in [0.3, 0.4) is 0 Å². The van der Waals surface area contributed by atoms with Crippen LogP contribution in [0.2, 0.25) is 0 Å². The van der Waals surface area contributed by atoms with E-state index in [1.165, 1.54) is 17.0 Å². The van der Waals surface area contributed by atoms with E-state index in [-0.39, 0.29) is 11.3 Å². The molecule has 0 bridgehead atoms. The van der Waals surface area contributed by atoms with Crippen molar-refractivity contribution in [3.8, 4) is 0 Å². The molecule has 0 aromatic heterocycles. The summed E-state index contributed by atoms with van der Waals surface area (Å²) in [5.41, 5.74) is 0.192. The fourth-order valence-electron chi connectivity index (χ4n) is 2.45. The zero-order chi connectivity index (χ0) is 21.2. The van der Waals surface area contributed by atoms with Crippen molar-refractivity contribution in [2.75, 3.05) is 37.9 Å². The maximum absolute atomic E-state index is 12.1. The molecule has 0 saturated carbocycles. The Balaban J connectivity index is 1.74. The van der Waals surface area contributed by atoms with Gasteiger partial charge in [-0.2, -0.15) is 0 Å². The van der Waals surface area contributed by atoms with Gasteiger partial charge in [0.25, 0.3) is 11.6 Å². The summed E-state index contributed by atoms with van der Waals surface area (Å²) in [4.78, 5) is 37.3. The van der Waals surface area contributed by atoms with Gasteiger partial charge in [-0.05, 0) is 36.4 Å². The number of thioether (sulfide) groups is 1. The minimum Gasteiger partial charge on any atom is -0.452 e. The Labute approximate surface area is 173 Å². The maximum Gasteiger partial charge on any atom is 0.338 e. The van der Waals surface area contributed by atoms with E-state index < -0.39 is 23.4 Å². The van der Waals surface area contributed by atoms with Crippen LogP contribution in [0, 0.1) is 10.1 Å². The first-order valence-corrected chi connectivity index (χ1v) is 9.94. The highest BCUT2D eigenvalue weighted by Crippen LogP contribution is 2.27. The number of benzene rings is 2. The van der Waals surface area contributed by atoms with Gasteiger partial charge in [0.15, 0.2) is 6.61 Å². The molecule has 1 amide bonds. The lowest BCUT2D eigenvalue weighted by Gasteiger charge is -2.13. The van der Waals surface area contributed by atoms with Crippen molar-refractivity contribution in [3.63, 3.8) is 0 Å². The van der Waals surface area contributed by atoms with Crippen molar-refractivity contribution in [1.82, 2.24) is 5.32 Å². The zero-order valence-electron chi connectivity index (χ0n) is 16.3. The molecule has 0 spiro atoms. The van der Waals surface area contributed by atoms with Gasteiger partial charge in [0.05, 0.1) is 10.5 Å². The largest absolute Gasteiger partial charge is 0.452 e. The van der Waals surface area contributed by atoms with Crippen LogP contribution in [-0.4, -0.2) is 49.8 Å². The van der Waals surface area contributed by atoms with Crippen molar-refractivity contribution < 1.29 is 19.2 Å². The van der Waals surface area contributed by atoms with Crippen LogP contribution in [-0.2, 0) is 9.53 Å². The number of amides is 1. The van der Waals surface area contributed by atoms with E-state index in [2.05, 4.69) is 5.32 Å². The molecule has 8 nitrogen and oxygen atoms in total. The third-order valence-corrected chi connectivity index (χ3v) is 4.98. The van der Waals surface area contributed by atoms with E-state index >= 15 is 0 Å². The number of nitrogens with one attached hydrogen (secondary N) is 1. The van der Waals surface area contributed by atoms with E-state index in [0.29, 0.717) is 12.2 Å². The summed E-state index contributed by atoms with van der Waals surface area (Å²) in [6.07, 6.45) is 0.775. The average Bonchev–Trinajstić information content (AvgIpc) is 2.71. The molecule has 9 heteroatoms. The van der Waals surface area contributed by atoms with E-state index in [9.17, 15) is 19.7 Å². The molecule has 2 aromatic rings. The number of hydrogen-bond donors (Lipinski definition) is 1. The zero-order valence-corrected chi connectivity index (χ0v) is 17.1. The monoisotopic (exact) mass is 417 g/mol. The molecule has 0 radical (unpaired) electrons. The second-order valence-electron chi connectivity index (χ2n) is 6.30. The summed E-state index contributed by atoms with van der Waals surface area (Å²) in [7, 11) is 3.34. The summed E-state index contributed by atoms with van der Waals surface area (Å²) in [5, 5.41) is 13.9. The average molecular weight is 417 g/mol. The fraction of sp³-hybridized carbons (Fsp3) is 0.300. The topological polar surface area (TPSA) is 102 Å². The third-order valence-electron chi connectivity index (χ3n) is 3.88. The highest BCUT2D eigenvalue weighted by atomic mass is 32.2. The minimum absolute atomic E-state index is 0.0226. The standard InChI is InChI=1S/C20H23N3O5S/c1-22(2)17-10-9-15(13-18(17)23(26)27)20(25)28-14-19(24)21-11-6-12-29-16-7-4-3-5-8-16/h3-5,7-10,13H,6,11-12,14H2,1-2H3,(H,21,24). The van der Waals surface area contributed by atoms with Crippen molar-refractivity contribution in [2.45, 2.75) is 11.3 Å². The van der Waals surface area contributed by atoms with Gasteiger partial charge in [-0.3, -0.25) is 14.9 Å². The van der Waals surface area contributed by atoms with Crippen LogP contribution in [0.15, 0.2) is 53.4 Å². The van der Waals surface area contributed by atoms with Crippen LogP contribution in [0.4, 0.5) is 11.4 Å². The predicted octanol–water partition coefficient (Wildman–Crippen LogP) is 3.12. The first-order valence-electron chi connectivity index (χ1n) is 8.96. The molecule has 0 atom stereocenters. The number of nitro benzene ring substituents is 1. The van der Waals surface area contributed by atoms with Crippen molar-refractivity contribution in [1.29, 1.82) is 0 Å². The van der Waals surface area contributed by atoms with E-state index in [1.807, 2.05) is 30.3 Å². The number of carbonyl (C=O) groups excluding carboxylic acids is 2. The second-order valence-corrected chi connectivity index (χ2v) is 7.46. The molecule has 1 N–H and O–H groups in total. The lowest BCUT2D eigenvalue weighted by atomic mass is 10.1. The number of nitro groups is 1. The molecular formula is C20H23N3O5S. The molecule has 0 fully saturated rings. The smallest absolute Gasteiger partial charge is 0.338 e. The van der Waals surface area contributed by atoms with Crippen LogP contribution in [0.25, 0.3) is 0 Å². The first-order chi connectivity index (χ1) is 13.9. The molecule has 0 aliphatic heterocycles. The Morgan fingerprint density at radius 3 is 2.55 bits per heavy atom. The number of hydrogen-bond acceptors (Lipinski definition) is 7. The Kier molecular flexibility index (Phi) is 8.47. The highest BCUT2D eigenvalue weighted by molar-refractivity contribution is 7.99. The number of ether oxygens (including phenoxy) is 1. The normalized spacial score (nSPS) is 10.3. The van der Waals surface area contributed by atoms with Crippen LogP contribution in [0.5, 0.6) is 0 Å². The van der Waals surface area contributed by atoms with Gasteiger partial charge in [-0.1, -0.05) is 18.2 Å². The van der Waals surface area contributed by atoms with Crippen molar-refractivity contribution in [3.05, 3.63) is 64.2 Å². The molecule has 2 aromatic carbocycles. The van der Waals surface area contributed by atoms with Gasteiger partial charge in [-0.25, -0.2) is 4.79 Å². The first kappa shape index (κ1) is 22.2. The number of rotatable bonds is 10. The maximum atomic E-state index is 12.1. The summed E-state index contributed by atoms with van der Waals surface area (Å²) in [6.45, 7) is 0.0348. The predicted molar refractivity (Wildman–Crippen MR) is 112 cm³/mol. The van der Waals surface area contributed by atoms with E-state index in [0.717, 1.165) is 18.2 Å². The minimum atomic E-state index is -0.784. The number of esters is 1. The van der Waals surface area contributed by atoms with Gasteiger partial charge in [0.2, 0.25) is 0 Å². The van der Waals surface area contributed by atoms with Gasteiger partial charge in [-0.15, -0.1) is 11.8 Å². The Morgan fingerprint density at radius 2 is 1.90 bits per heavy atom.